The smallest absolute Gasteiger partial charge is 0.290 e. The minimum Gasteiger partial charge on any atom is -0.494 e. The van der Waals surface area contributed by atoms with Crippen molar-refractivity contribution in [1.29, 1.82) is 0 Å². The fourth-order valence-corrected chi connectivity index (χ4v) is 2.41. The molecule has 0 spiro atoms. The summed E-state index contributed by atoms with van der Waals surface area (Å²) < 4.78 is 11.0. The third-order valence-corrected chi connectivity index (χ3v) is 3.34. The van der Waals surface area contributed by atoms with Crippen LogP contribution >= 0.6 is 11.8 Å². The fraction of sp³-hybridized carbons (Fsp3) is 0.286. The van der Waals surface area contributed by atoms with E-state index < -0.39 is 0 Å². The molecule has 0 aromatic heterocycles. The highest BCUT2D eigenvalue weighted by molar-refractivity contribution is 8.18. The normalized spacial score (nSPS) is 16.4. The molecule has 0 unspecified atom stereocenters. The van der Waals surface area contributed by atoms with E-state index >= 15 is 0 Å². The van der Waals surface area contributed by atoms with Crippen LogP contribution in [0.25, 0.3) is 6.08 Å². The van der Waals surface area contributed by atoms with Gasteiger partial charge in [0.2, 0.25) is 0 Å². The summed E-state index contributed by atoms with van der Waals surface area (Å²) in [7, 11) is 0. The number of carbonyl (C=O) groups excluding carboxylic acids is 2. The SMILES string of the molecule is CCOc1ccc(/C=C2\SC(=O)NC2=O)c(OCC)c1. The number of hydrogen-bond acceptors (Lipinski definition) is 5. The van der Waals surface area contributed by atoms with E-state index in [-0.39, 0.29) is 11.1 Å². The first-order chi connectivity index (χ1) is 9.63. The average molecular weight is 293 g/mol. The molecule has 2 rings (SSSR count). The van der Waals surface area contributed by atoms with Gasteiger partial charge in [0, 0.05) is 11.6 Å². The van der Waals surface area contributed by atoms with Crippen LogP contribution in [0.4, 0.5) is 4.79 Å². The number of imide groups is 1. The van der Waals surface area contributed by atoms with Crippen LogP contribution < -0.4 is 14.8 Å². The average Bonchev–Trinajstić information content (AvgIpc) is 2.71. The minimum absolute atomic E-state index is 0.356. The number of nitrogens with one attached hydrogen (secondary N) is 1. The molecular formula is C14H15NO4S. The van der Waals surface area contributed by atoms with Crippen molar-refractivity contribution in [2.24, 2.45) is 0 Å². The predicted molar refractivity (Wildman–Crippen MR) is 77.9 cm³/mol. The van der Waals surface area contributed by atoms with Gasteiger partial charge in [-0.3, -0.25) is 14.9 Å². The van der Waals surface area contributed by atoms with E-state index in [0.29, 0.717) is 29.6 Å². The molecule has 5 nitrogen and oxygen atoms in total. The first-order valence-electron chi connectivity index (χ1n) is 6.28. The van der Waals surface area contributed by atoms with Crippen LogP contribution in [0.5, 0.6) is 11.5 Å². The maximum Gasteiger partial charge on any atom is 0.290 e. The zero-order valence-corrected chi connectivity index (χ0v) is 12.1. The molecule has 1 fully saturated rings. The largest absolute Gasteiger partial charge is 0.494 e. The molecule has 1 heterocycles. The number of amides is 2. The summed E-state index contributed by atoms with van der Waals surface area (Å²) in [4.78, 5) is 23.0. The molecule has 1 N–H and O–H groups in total. The van der Waals surface area contributed by atoms with Gasteiger partial charge in [0.05, 0.1) is 18.1 Å². The Morgan fingerprint density at radius 3 is 2.55 bits per heavy atom. The van der Waals surface area contributed by atoms with Crippen molar-refractivity contribution < 1.29 is 19.1 Å². The third kappa shape index (κ3) is 3.33. The number of benzene rings is 1. The maximum absolute atomic E-state index is 11.5. The van der Waals surface area contributed by atoms with Gasteiger partial charge in [-0.2, -0.15) is 0 Å². The van der Waals surface area contributed by atoms with Gasteiger partial charge in [-0.05, 0) is 43.8 Å². The van der Waals surface area contributed by atoms with Crippen LogP contribution in [0.15, 0.2) is 23.1 Å². The second-order valence-corrected chi connectivity index (χ2v) is 4.93. The summed E-state index contributed by atoms with van der Waals surface area (Å²) >= 11 is 0.884. The molecule has 106 valence electrons. The summed E-state index contributed by atoms with van der Waals surface area (Å²) in [6.07, 6.45) is 1.64. The molecule has 0 aliphatic carbocycles. The Hall–Kier alpha value is -1.95. The molecule has 20 heavy (non-hydrogen) atoms. The van der Waals surface area contributed by atoms with Gasteiger partial charge in [0.1, 0.15) is 11.5 Å². The lowest BCUT2D eigenvalue weighted by Crippen LogP contribution is -2.17. The van der Waals surface area contributed by atoms with Crippen LogP contribution in [0, 0.1) is 0 Å². The maximum atomic E-state index is 11.5. The molecule has 0 atom stereocenters. The van der Waals surface area contributed by atoms with Crippen LogP contribution in [-0.4, -0.2) is 24.4 Å². The van der Waals surface area contributed by atoms with Crippen molar-refractivity contribution in [3.63, 3.8) is 0 Å². The van der Waals surface area contributed by atoms with Gasteiger partial charge >= 0.3 is 0 Å². The van der Waals surface area contributed by atoms with Crippen molar-refractivity contribution in [3.8, 4) is 11.5 Å². The molecule has 1 aliphatic heterocycles. The van der Waals surface area contributed by atoms with E-state index in [1.54, 1.807) is 24.3 Å². The van der Waals surface area contributed by atoms with E-state index in [2.05, 4.69) is 5.32 Å². The third-order valence-electron chi connectivity index (χ3n) is 2.52. The standard InChI is InChI=1S/C14H15NO4S/c1-3-18-10-6-5-9(11(8-10)19-4-2)7-12-13(16)15-14(17)20-12/h5-8H,3-4H2,1-2H3,(H,15,16,17)/b12-7-. The van der Waals surface area contributed by atoms with Gasteiger partial charge in [0.25, 0.3) is 11.1 Å². The fourth-order valence-electron chi connectivity index (χ4n) is 1.73. The molecule has 1 aliphatic rings. The van der Waals surface area contributed by atoms with E-state index in [4.69, 9.17) is 9.47 Å². The van der Waals surface area contributed by atoms with E-state index in [1.807, 2.05) is 13.8 Å². The minimum atomic E-state index is -0.378. The molecule has 6 heteroatoms. The Morgan fingerprint density at radius 1 is 1.20 bits per heavy atom. The van der Waals surface area contributed by atoms with Crippen LogP contribution in [0.3, 0.4) is 0 Å². The Bertz CT molecular complexity index is 568. The Balaban J connectivity index is 2.33. The summed E-state index contributed by atoms with van der Waals surface area (Å²) in [6.45, 7) is 4.86. The highest BCUT2D eigenvalue weighted by Gasteiger charge is 2.25. The van der Waals surface area contributed by atoms with E-state index in [0.717, 1.165) is 17.3 Å². The van der Waals surface area contributed by atoms with E-state index in [9.17, 15) is 9.59 Å². The van der Waals surface area contributed by atoms with Crippen LogP contribution in [0.1, 0.15) is 19.4 Å². The van der Waals surface area contributed by atoms with Crippen LogP contribution in [-0.2, 0) is 4.79 Å². The van der Waals surface area contributed by atoms with Gasteiger partial charge < -0.3 is 9.47 Å². The van der Waals surface area contributed by atoms with Crippen molar-refractivity contribution >= 4 is 29.0 Å². The number of ether oxygens (including phenoxy) is 2. The molecule has 1 saturated heterocycles. The number of hydrogen-bond donors (Lipinski definition) is 1. The summed E-state index contributed by atoms with van der Waals surface area (Å²) in [5.41, 5.74) is 0.739. The molecule has 0 radical (unpaired) electrons. The first-order valence-corrected chi connectivity index (χ1v) is 7.10. The quantitative estimate of drug-likeness (QED) is 0.846. The summed E-state index contributed by atoms with van der Waals surface area (Å²) in [5, 5.41) is 1.87. The lowest BCUT2D eigenvalue weighted by molar-refractivity contribution is -0.115. The predicted octanol–water partition coefficient (Wildman–Crippen LogP) is 2.81. The molecule has 1 aromatic rings. The van der Waals surface area contributed by atoms with Crippen molar-refractivity contribution in [2.75, 3.05) is 13.2 Å². The molecule has 0 saturated carbocycles. The van der Waals surface area contributed by atoms with Crippen molar-refractivity contribution in [3.05, 3.63) is 28.7 Å². The van der Waals surface area contributed by atoms with Crippen LogP contribution in [0.2, 0.25) is 0 Å². The molecule has 1 aromatic carbocycles. The second-order valence-electron chi connectivity index (χ2n) is 3.92. The lowest BCUT2D eigenvalue weighted by Gasteiger charge is -2.10. The summed E-state index contributed by atoms with van der Waals surface area (Å²) in [6, 6.07) is 5.39. The monoisotopic (exact) mass is 293 g/mol. The van der Waals surface area contributed by atoms with Crippen molar-refractivity contribution in [2.45, 2.75) is 13.8 Å². The highest BCUT2D eigenvalue weighted by atomic mass is 32.2. The molecule has 0 bridgehead atoms. The number of carbonyl (C=O) groups is 2. The van der Waals surface area contributed by atoms with E-state index in [1.165, 1.54) is 0 Å². The van der Waals surface area contributed by atoms with Crippen molar-refractivity contribution in [1.82, 2.24) is 5.32 Å². The summed E-state index contributed by atoms with van der Waals surface area (Å²) in [5.74, 6) is 0.952. The zero-order valence-electron chi connectivity index (χ0n) is 11.3. The second kappa shape index (κ2) is 6.47. The Morgan fingerprint density at radius 2 is 1.95 bits per heavy atom. The number of rotatable bonds is 5. The molecular weight excluding hydrogens is 278 g/mol. The Labute approximate surface area is 121 Å². The molecule has 2 amide bonds. The van der Waals surface area contributed by atoms with Gasteiger partial charge in [0.15, 0.2) is 0 Å². The Kier molecular flexibility index (Phi) is 4.68. The zero-order chi connectivity index (χ0) is 14.5. The first kappa shape index (κ1) is 14.5. The number of thioether (sulfide) groups is 1. The van der Waals surface area contributed by atoms with Gasteiger partial charge in [-0.25, -0.2) is 0 Å². The van der Waals surface area contributed by atoms with Gasteiger partial charge in [-0.15, -0.1) is 0 Å². The lowest BCUT2D eigenvalue weighted by atomic mass is 10.1. The topological polar surface area (TPSA) is 64.6 Å². The van der Waals surface area contributed by atoms with Gasteiger partial charge in [-0.1, -0.05) is 0 Å². The highest BCUT2D eigenvalue weighted by Crippen LogP contribution is 2.31.